The van der Waals surface area contributed by atoms with E-state index in [9.17, 15) is 14.0 Å². The molecule has 0 bridgehead atoms. The standard InChI is InChI=1S/C16H19FN6O2/c1-2-8-22-10-13(20-21-22)19-16(25)23-9-7-18-15(24)14(23)11-3-5-12(17)6-4-11/h3-6,10,14H,2,7-9H2,1H3,(H,18,24)(H,19,25)/t14-/m1/s1. The summed E-state index contributed by atoms with van der Waals surface area (Å²) in [6.07, 6.45) is 2.54. The van der Waals surface area contributed by atoms with E-state index in [1.54, 1.807) is 10.9 Å². The van der Waals surface area contributed by atoms with Gasteiger partial charge >= 0.3 is 6.03 Å². The molecule has 132 valence electrons. The molecule has 3 amide bonds. The molecule has 0 unspecified atom stereocenters. The average molecular weight is 346 g/mol. The van der Waals surface area contributed by atoms with Gasteiger partial charge in [0.1, 0.15) is 11.9 Å². The fraction of sp³-hybridized carbons (Fsp3) is 0.375. The molecule has 2 aromatic rings. The van der Waals surface area contributed by atoms with E-state index in [2.05, 4.69) is 20.9 Å². The van der Waals surface area contributed by atoms with Crippen LogP contribution in [0.15, 0.2) is 30.5 Å². The van der Waals surface area contributed by atoms with E-state index in [1.165, 1.54) is 29.2 Å². The Bertz CT molecular complexity index is 760. The maximum Gasteiger partial charge on any atom is 0.324 e. The van der Waals surface area contributed by atoms with Crippen molar-refractivity contribution in [2.45, 2.75) is 25.9 Å². The number of aryl methyl sites for hydroxylation is 1. The van der Waals surface area contributed by atoms with Gasteiger partial charge in [0.25, 0.3) is 0 Å². The number of amides is 3. The van der Waals surface area contributed by atoms with Crippen LogP contribution in [0.3, 0.4) is 0 Å². The summed E-state index contributed by atoms with van der Waals surface area (Å²) in [5.41, 5.74) is 0.545. The number of nitrogens with zero attached hydrogens (tertiary/aromatic N) is 4. The summed E-state index contributed by atoms with van der Waals surface area (Å²) in [7, 11) is 0. The van der Waals surface area contributed by atoms with Crippen molar-refractivity contribution in [3.05, 3.63) is 41.8 Å². The zero-order valence-electron chi connectivity index (χ0n) is 13.8. The van der Waals surface area contributed by atoms with Gasteiger partial charge < -0.3 is 10.2 Å². The molecule has 0 saturated carbocycles. The van der Waals surface area contributed by atoms with Crippen LogP contribution in [0.25, 0.3) is 0 Å². The van der Waals surface area contributed by atoms with Gasteiger partial charge in [0.2, 0.25) is 5.91 Å². The van der Waals surface area contributed by atoms with E-state index < -0.39 is 17.9 Å². The molecular weight excluding hydrogens is 327 g/mol. The van der Waals surface area contributed by atoms with Gasteiger partial charge in [0.15, 0.2) is 5.82 Å². The molecule has 0 aliphatic carbocycles. The van der Waals surface area contributed by atoms with Crippen molar-refractivity contribution in [3.8, 4) is 0 Å². The van der Waals surface area contributed by atoms with Crippen LogP contribution in [0, 0.1) is 5.82 Å². The molecule has 2 heterocycles. The molecular formula is C16H19FN6O2. The van der Waals surface area contributed by atoms with Gasteiger partial charge in [0, 0.05) is 19.6 Å². The lowest BCUT2D eigenvalue weighted by molar-refractivity contribution is -0.127. The first-order valence-corrected chi connectivity index (χ1v) is 8.09. The summed E-state index contributed by atoms with van der Waals surface area (Å²) >= 11 is 0. The second-order valence-corrected chi connectivity index (χ2v) is 5.74. The number of hydrogen-bond donors (Lipinski definition) is 2. The van der Waals surface area contributed by atoms with Crippen LogP contribution in [0.5, 0.6) is 0 Å². The van der Waals surface area contributed by atoms with Crippen LogP contribution < -0.4 is 10.6 Å². The van der Waals surface area contributed by atoms with Crippen LogP contribution in [0.2, 0.25) is 0 Å². The molecule has 2 N–H and O–H groups in total. The third kappa shape index (κ3) is 3.76. The highest BCUT2D eigenvalue weighted by Crippen LogP contribution is 2.24. The van der Waals surface area contributed by atoms with Crippen molar-refractivity contribution in [3.63, 3.8) is 0 Å². The molecule has 0 radical (unpaired) electrons. The second kappa shape index (κ2) is 7.29. The molecule has 1 atom stereocenters. The van der Waals surface area contributed by atoms with Gasteiger partial charge in [-0.1, -0.05) is 24.3 Å². The first kappa shape index (κ1) is 16.9. The van der Waals surface area contributed by atoms with E-state index in [1.807, 2.05) is 6.92 Å². The Hall–Kier alpha value is -2.97. The normalized spacial score (nSPS) is 17.3. The van der Waals surface area contributed by atoms with E-state index in [-0.39, 0.29) is 5.91 Å². The van der Waals surface area contributed by atoms with Crippen molar-refractivity contribution in [1.29, 1.82) is 0 Å². The van der Waals surface area contributed by atoms with Crippen molar-refractivity contribution >= 4 is 17.8 Å². The van der Waals surface area contributed by atoms with Gasteiger partial charge in [-0.25, -0.2) is 9.18 Å². The Labute approximate surface area is 144 Å². The molecule has 9 heteroatoms. The number of carbonyl (C=O) groups excluding carboxylic acids is 2. The van der Waals surface area contributed by atoms with Crippen LogP contribution >= 0.6 is 0 Å². The van der Waals surface area contributed by atoms with Gasteiger partial charge in [-0.3, -0.25) is 14.8 Å². The second-order valence-electron chi connectivity index (χ2n) is 5.74. The van der Waals surface area contributed by atoms with E-state index >= 15 is 0 Å². The summed E-state index contributed by atoms with van der Waals surface area (Å²) in [6.45, 7) is 3.40. The number of aromatic nitrogens is 3. The Kier molecular flexibility index (Phi) is 4.92. The lowest BCUT2D eigenvalue weighted by Crippen LogP contribution is -2.53. The highest BCUT2D eigenvalue weighted by molar-refractivity contribution is 5.94. The Balaban J connectivity index is 1.78. The summed E-state index contributed by atoms with van der Waals surface area (Å²) in [4.78, 5) is 26.3. The van der Waals surface area contributed by atoms with Gasteiger partial charge in [-0.2, -0.15) is 0 Å². The number of nitrogens with one attached hydrogen (secondary N) is 2. The zero-order chi connectivity index (χ0) is 17.8. The topological polar surface area (TPSA) is 92.2 Å². The average Bonchev–Trinajstić information content (AvgIpc) is 3.03. The fourth-order valence-corrected chi connectivity index (χ4v) is 2.74. The molecule has 25 heavy (non-hydrogen) atoms. The summed E-state index contributed by atoms with van der Waals surface area (Å²) < 4.78 is 14.8. The minimum absolute atomic E-state index is 0.303. The summed E-state index contributed by atoms with van der Waals surface area (Å²) in [5, 5.41) is 13.2. The molecule has 8 nitrogen and oxygen atoms in total. The van der Waals surface area contributed by atoms with Crippen molar-refractivity contribution in [2.75, 3.05) is 18.4 Å². The lowest BCUT2D eigenvalue weighted by Gasteiger charge is -2.35. The number of piperazine rings is 1. The predicted octanol–water partition coefficient (Wildman–Crippen LogP) is 1.53. The molecule has 1 saturated heterocycles. The maximum atomic E-state index is 13.1. The Morgan fingerprint density at radius 1 is 1.40 bits per heavy atom. The van der Waals surface area contributed by atoms with Crippen molar-refractivity contribution < 1.29 is 14.0 Å². The number of halogens is 1. The summed E-state index contributed by atoms with van der Waals surface area (Å²) in [6, 6.07) is 4.27. The highest BCUT2D eigenvalue weighted by atomic mass is 19.1. The molecule has 0 spiro atoms. The van der Waals surface area contributed by atoms with E-state index in [4.69, 9.17) is 0 Å². The fourth-order valence-electron chi connectivity index (χ4n) is 2.74. The number of benzene rings is 1. The number of hydrogen-bond acceptors (Lipinski definition) is 4. The Morgan fingerprint density at radius 2 is 2.16 bits per heavy atom. The lowest BCUT2D eigenvalue weighted by atomic mass is 10.0. The smallest absolute Gasteiger partial charge is 0.324 e. The third-order valence-electron chi connectivity index (χ3n) is 3.88. The summed E-state index contributed by atoms with van der Waals surface area (Å²) in [5.74, 6) is -0.381. The largest absolute Gasteiger partial charge is 0.352 e. The van der Waals surface area contributed by atoms with Crippen molar-refractivity contribution in [2.24, 2.45) is 0 Å². The van der Waals surface area contributed by atoms with E-state index in [0.29, 0.717) is 31.0 Å². The van der Waals surface area contributed by atoms with Crippen molar-refractivity contribution in [1.82, 2.24) is 25.2 Å². The Morgan fingerprint density at radius 3 is 2.88 bits per heavy atom. The van der Waals surface area contributed by atoms with Gasteiger partial charge in [-0.05, 0) is 24.1 Å². The SMILES string of the molecule is CCCn1cc(NC(=O)N2CCNC(=O)[C@H]2c2ccc(F)cc2)nn1. The molecule has 1 aromatic carbocycles. The van der Waals surface area contributed by atoms with Gasteiger partial charge in [0.05, 0.1) is 6.20 Å². The molecule has 1 aromatic heterocycles. The number of urea groups is 1. The first-order chi connectivity index (χ1) is 12.1. The zero-order valence-corrected chi connectivity index (χ0v) is 13.8. The molecule has 1 aliphatic rings. The van der Waals surface area contributed by atoms with Crippen LogP contribution in [0.4, 0.5) is 15.0 Å². The van der Waals surface area contributed by atoms with E-state index in [0.717, 1.165) is 6.42 Å². The number of rotatable bonds is 4. The van der Waals surface area contributed by atoms with Crippen LogP contribution in [-0.4, -0.2) is 44.9 Å². The van der Waals surface area contributed by atoms with Crippen LogP contribution in [0.1, 0.15) is 24.9 Å². The molecule has 1 aliphatic heterocycles. The molecule has 1 fully saturated rings. The van der Waals surface area contributed by atoms with Gasteiger partial charge in [-0.15, -0.1) is 5.10 Å². The predicted molar refractivity (Wildman–Crippen MR) is 88.2 cm³/mol. The third-order valence-corrected chi connectivity index (χ3v) is 3.88. The minimum atomic E-state index is -0.819. The number of anilines is 1. The number of carbonyl (C=O) groups is 2. The van der Waals surface area contributed by atoms with Crippen LogP contribution in [-0.2, 0) is 11.3 Å². The highest BCUT2D eigenvalue weighted by Gasteiger charge is 2.34. The minimum Gasteiger partial charge on any atom is -0.352 e. The maximum absolute atomic E-state index is 13.1. The quantitative estimate of drug-likeness (QED) is 0.878. The molecule has 3 rings (SSSR count). The first-order valence-electron chi connectivity index (χ1n) is 8.09. The monoisotopic (exact) mass is 346 g/mol.